The number of rotatable bonds is 13. The number of ether oxygens (including phenoxy) is 3. The number of carbonyl (C=O) groups is 6. The fourth-order valence-corrected chi connectivity index (χ4v) is 17.9. The Hall–Kier alpha value is -3.57. The molecule has 2 amide bonds. The third-order valence-corrected chi connectivity index (χ3v) is 22.7. The number of aliphatic carboxylic acids is 1. The van der Waals surface area contributed by atoms with Crippen molar-refractivity contribution in [2.75, 3.05) is 33.3 Å². The molecule has 19 nitrogen and oxygen atoms in total. The first-order valence-electron chi connectivity index (χ1n) is 33.0. The van der Waals surface area contributed by atoms with E-state index in [1.54, 1.807) is 27.9 Å². The molecular weight excluding hydrogens is 1130 g/mol. The minimum Gasteiger partial charge on any atom is -0.477 e. The van der Waals surface area contributed by atoms with Gasteiger partial charge in [-0.2, -0.15) is 0 Å². The van der Waals surface area contributed by atoms with Gasteiger partial charge in [-0.15, -0.1) is 11.8 Å². The summed E-state index contributed by atoms with van der Waals surface area (Å²) in [5.74, 6) is -10.5. The number of carboxylic acid groups (broad SMARTS) is 1. The van der Waals surface area contributed by atoms with Crippen LogP contribution >= 0.6 is 11.8 Å². The number of allylic oxidation sites excluding steroid dienone is 3. The Morgan fingerprint density at radius 1 is 0.943 bits per heavy atom. The molecule has 7 heterocycles. The Kier molecular flexibility index (Phi) is 24.3. The first-order valence-corrected chi connectivity index (χ1v) is 33.9. The van der Waals surface area contributed by atoms with Gasteiger partial charge in [0, 0.05) is 84.5 Å². The molecule has 87 heavy (non-hydrogen) atoms. The number of likely N-dealkylation sites (tertiary alicyclic amines) is 1. The van der Waals surface area contributed by atoms with Crippen molar-refractivity contribution in [3.05, 3.63) is 33.9 Å². The zero-order valence-corrected chi connectivity index (χ0v) is 55.4. The lowest BCUT2D eigenvalue weighted by Crippen LogP contribution is -2.63. The standard InChI is InChI=1S/C65H102N4O15S.C2H6/c1-33-23-34(2)25-43(18-20-64(10,11)68-32-45(29-47(68)55(74)44-19-21-66-31-44)85-58-40(8)53-52(41(9)70)60(76)69(53)54(58)62(78)79)50(73)30-49(72)39(7)57(37(5)27-42-16-17-48(71)51(28-42)82-12)83-63(80)46-15-13-14-22-67(46)61(77)59(75)65(81)38(6)26-36(4)56(84-65)35(3)24-33;1-2/h25,27,33,35-36,38-49,51-53,55-57,66,70-72,74,81H,13-24,26,28-32H2,1-12H3,(H,78,79);1-2H3/b34-25+,37-27+;/t33-,35-,36-,38+,39+,40+,41+,42-,43+,44+,45-,46-,47-,48+,49-,51+,52+,53+,55+,56+,57+,65+;/m0./s1. The van der Waals surface area contributed by atoms with E-state index in [2.05, 4.69) is 31.0 Å². The maximum absolute atomic E-state index is 15.2. The van der Waals surface area contributed by atoms with Crippen LogP contribution in [0.1, 0.15) is 180 Å². The summed E-state index contributed by atoms with van der Waals surface area (Å²) in [6.45, 7) is 27.2. The van der Waals surface area contributed by atoms with E-state index in [1.807, 2.05) is 60.6 Å². The number of amides is 2. The zero-order valence-electron chi connectivity index (χ0n) is 54.6. The van der Waals surface area contributed by atoms with Crippen molar-refractivity contribution in [3.8, 4) is 0 Å². The molecular formula is C67H108N4O15S. The van der Waals surface area contributed by atoms with Crippen molar-refractivity contribution in [1.82, 2.24) is 20.0 Å². The molecule has 492 valence electrons. The Morgan fingerprint density at radius 3 is 2.28 bits per heavy atom. The van der Waals surface area contributed by atoms with Gasteiger partial charge in [-0.25, -0.2) is 9.59 Å². The number of hydrogen-bond donors (Lipinski definition) is 7. The maximum Gasteiger partial charge on any atom is 0.353 e. The van der Waals surface area contributed by atoms with Gasteiger partial charge in [-0.05, 0) is 154 Å². The number of aliphatic hydroxyl groups is 5. The fourth-order valence-electron chi connectivity index (χ4n) is 16.4. The number of β-lactam (4-membered cyclic amide) rings is 1. The molecule has 5 saturated heterocycles. The number of ketones is 2. The predicted octanol–water partition coefficient (Wildman–Crippen LogP) is 7.19. The van der Waals surface area contributed by atoms with E-state index < -0.39 is 113 Å². The molecule has 7 aliphatic heterocycles. The molecule has 0 aromatic carbocycles. The smallest absolute Gasteiger partial charge is 0.353 e. The van der Waals surface area contributed by atoms with E-state index in [9.17, 15) is 54.6 Å². The van der Waals surface area contributed by atoms with Gasteiger partial charge in [0.15, 0.2) is 0 Å². The van der Waals surface area contributed by atoms with Gasteiger partial charge >= 0.3 is 11.9 Å². The van der Waals surface area contributed by atoms with Crippen LogP contribution < -0.4 is 5.32 Å². The first-order chi connectivity index (χ1) is 41.0. The molecule has 0 aromatic rings. The number of piperidine rings is 1. The van der Waals surface area contributed by atoms with Crippen molar-refractivity contribution in [3.63, 3.8) is 0 Å². The number of methoxy groups -OCH3 is 1. The lowest BCUT2D eigenvalue weighted by atomic mass is 9.76. The fraction of sp³-hybridized carbons (Fsp3) is 0.821. The van der Waals surface area contributed by atoms with Crippen LogP contribution in [0.2, 0.25) is 0 Å². The van der Waals surface area contributed by atoms with Crippen LogP contribution in [0.15, 0.2) is 33.9 Å². The Balaban J connectivity index is 0.00000535. The second-order valence-electron chi connectivity index (χ2n) is 28.2. The molecule has 0 unspecified atom stereocenters. The van der Waals surface area contributed by atoms with E-state index >= 15 is 4.79 Å². The third-order valence-electron chi connectivity index (χ3n) is 21.2. The van der Waals surface area contributed by atoms with Gasteiger partial charge in [0.05, 0.1) is 48.6 Å². The Bertz CT molecular complexity index is 2550. The molecule has 8 aliphatic rings. The van der Waals surface area contributed by atoms with Crippen molar-refractivity contribution in [1.29, 1.82) is 0 Å². The number of carboxylic acids is 1. The highest BCUT2D eigenvalue weighted by atomic mass is 32.2. The molecule has 0 radical (unpaired) electrons. The van der Waals surface area contributed by atoms with Crippen molar-refractivity contribution in [2.45, 2.75) is 257 Å². The summed E-state index contributed by atoms with van der Waals surface area (Å²) in [6, 6.07) is -1.94. The van der Waals surface area contributed by atoms with Crippen molar-refractivity contribution < 1.29 is 73.6 Å². The van der Waals surface area contributed by atoms with Gasteiger partial charge in [-0.3, -0.25) is 24.1 Å². The molecule has 7 N–H and O–H groups in total. The van der Waals surface area contributed by atoms with E-state index in [0.717, 1.165) is 18.5 Å². The number of fused-ring (bicyclic) bond motifs is 4. The second-order valence-corrected chi connectivity index (χ2v) is 29.6. The summed E-state index contributed by atoms with van der Waals surface area (Å²) >= 11 is 1.46. The molecule has 20 heteroatoms. The van der Waals surface area contributed by atoms with Crippen LogP contribution in [0.4, 0.5) is 0 Å². The largest absolute Gasteiger partial charge is 0.477 e. The average Bonchev–Trinajstić information content (AvgIpc) is 1.58. The van der Waals surface area contributed by atoms with Crippen LogP contribution in [-0.2, 0) is 43.0 Å². The van der Waals surface area contributed by atoms with E-state index in [-0.39, 0.29) is 83.6 Å². The van der Waals surface area contributed by atoms with Crippen LogP contribution in [0.3, 0.4) is 0 Å². The predicted molar refractivity (Wildman–Crippen MR) is 332 cm³/mol. The maximum atomic E-state index is 15.2. The Labute approximate surface area is 522 Å². The monoisotopic (exact) mass is 1240 g/mol. The van der Waals surface area contributed by atoms with Crippen LogP contribution in [0.5, 0.6) is 0 Å². The van der Waals surface area contributed by atoms with Gasteiger partial charge in [0.25, 0.3) is 11.7 Å². The van der Waals surface area contributed by atoms with E-state index in [4.69, 9.17) is 14.2 Å². The highest BCUT2D eigenvalue weighted by molar-refractivity contribution is 8.03. The molecule has 8 rings (SSSR count). The number of carbonyl (C=O) groups excluding carboxylic acids is 5. The summed E-state index contributed by atoms with van der Waals surface area (Å²) < 4.78 is 18.6. The highest BCUT2D eigenvalue weighted by Crippen LogP contribution is 2.53. The van der Waals surface area contributed by atoms with Crippen LogP contribution in [-0.4, -0.2) is 191 Å². The number of aliphatic hydroxyl groups excluding tert-OH is 4. The zero-order chi connectivity index (χ0) is 64.3. The number of Topliss-reactive ketones (excluding diaryl/α,β-unsaturated/α-hetero) is 2. The van der Waals surface area contributed by atoms with Gasteiger partial charge in [-0.1, -0.05) is 73.1 Å². The number of hydrogen-bond acceptors (Lipinski definition) is 17. The van der Waals surface area contributed by atoms with Gasteiger partial charge < -0.3 is 60.0 Å². The summed E-state index contributed by atoms with van der Waals surface area (Å²) in [5.41, 5.74) is 0.943. The van der Waals surface area contributed by atoms with E-state index in [1.165, 1.54) is 21.6 Å². The van der Waals surface area contributed by atoms with Gasteiger partial charge in [0.1, 0.15) is 23.6 Å². The lowest BCUT2D eigenvalue weighted by Gasteiger charge is -2.46. The number of cyclic esters (lactones) is 1. The summed E-state index contributed by atoms with van der Waals surface area (Å²) in [4.78, 5) is 90.7. The summed E-state index contributed by atoms with van der Waals surface area (Å²) in [6.07, 6.45) is 4.96. The first kappa shape index (κ1) is 70.9. The second kappa shape index (κ2) is 29.8. The third kappa shape index (κ3) is 15.3. The average molecular weight is 1240 g/mol. The molecule has 0 aromatic heterocycles. The van der Waals surface area contributed by atoms with Crippen LogP contribution in [0.25, 0.3) is 0 Å². The quantitative estimate of drug-likeness (QED) is 0.0416. The van der Waals surface area contributed by atoms with Gasteiger partial charge in [0.2, 0.25) is 11.7 Å². The normalized spacial score (nSPS) is 40.4. The molecule has 1 aliphatic carbocycles. The molecule has 6 fully saturated rings. The van der Waals surface area contributed by atoms with E-state index in [0.29, 0.717) is 94.2 Å². The lowest BCUT2D eigenvalue weighted by molar-refractivity contribution is -0.282. The minimum absolute atomic E-state index is 0.00774. The van der Waals surface area contributed by atoms with Crippen molar-refractivity contribution >= 4 is 47.1 Å². The molecule has 2 bridgehead atoms. The molecule has 1 saturated carbocycles. The molecule has 0 spiro atoms. The van der Waals surface area contributed by atoms with Crippen LogP contribution in [0, 0.1) is 59.2 Å². The van der Waals surface area contributed by atoms with Crippen molar-refractivity contribution in [2.24, 2.45) is 59.2 Å². The number of nitrogens with one attached hydrogen (secondary N) is 1. The summed E-state index contributed by atoms with van der Waals surface area (Å²) in [5, 5.41) is 72.0. The topological polar surface area (TPSA) is 273 Å². The number of thioether (sulfide) groups is 1. The summed E-state index contributed by atoms with van der Waals surface area (Å²) in [7, 11) is 1.56. The molecule has 22 atom stereocenters. The SMILES string of the molecule is CC.CO[C@@H]1C[C@H](/C=C(\C)[C@H]2OC(=O)[C@@H]3CCCCN3C(=O)C(=O)[C@]3(O)O[C@H]([C@@H](C)C[C@@H](C)C/C(C)=C/[C@@H](CCC(C)(C)N4C[C@@H](SC5=C(C(=O)O)N6C(=O)[C@H]([C@@H](C)O)[C@H]6[C@H]5C)C[C@H]4[C@H](O)[C@@H]4CCNC4)C(=O)C[C@H](O)[C@H]2C)[C@@H](C)C[C@H]3C)CC[C@H]1O. The number of esters is 1. The Morgan fingerprint density at radius 2 is 1.63 bits per heavy atom. The minimum atomic E-state index is -2.43. The number of nitrogens with zero attached hydrogens (tertiary/aromatic N) is 3. The highest BCUT2D eigenvalue weighted by Gasteiger charge is 2.61.